The second-order valence-corrected chi connectivity index (χ2v) is 6.13. The van der Waals surface area contributed by atoms with Crippen LogP contribution in [0.2, 0.25) is 0 Å². The Hall–Kier alpha value is -0.770. The number of amides is 2. The maximum Gasteiger partial charge on any atom is 0.320 e. The van der Waals surface area contributed by atoms with Gasteiger partial charge in [-0.15, -0.1) is 0 Å². The van der Waals surface area contributed by atoms with Gasteiger partial charge in [0.1, 0.15) is 0 Å². The third-order valence-corrected chi connectivity index (χ3v) is 4.48. The minimum absolute atomic E-state index is 0.156. The highest BCUT2D eigenvalue weighted by atomic mass is 16.5. The fraction of sp³-hybridized carbons (Fsp3) is 0.929. The number of urea groups is 1. The first-order valence-electron chi connectivity index (χ1n) is 7.13. The summed E-state index contributed by atoms with van der Waals surface area (Å²) < 4.78 is 5.55. The lowest BCUT2D eigenvalue weighted by atomic mass is 9.94. The van der Waals surface area contributed by atoms with Gasteiger partial charge >= 0.3 is 6.03 Å². The summed E-state index contributed by atoms with van der Waals surface area (Å²) in [6.07, 6.45) is 4.37. The standard InChI is InChI=1S/C14H26N2O2/c1-12-5-9-15(10-6-12)13(17)16-8-4-7-14(2,11-16)18-3/h12H,4-11H2,1-3H3. The molecule has 104 valence electrons. The highest BCUT2D eigenvalue weighted by Gasteiger charge is 2.35. The van der Waals surface area contributed by atoms with Crippen molar-refractivity contribution in [1.29, 1.82) is 0 Å². The van der Waals surface area contributed by atoms with Crippen LogP contribution in [0.1, 0.15) is 39.5 Å². The van der Waals surface area contributed by atoms with Crippen molar-refractivity contribution in [3.8, 4) is 0 Å². The Morgan fingerprint density at radius 2 is 1.89 bits per heavy atom. The van der Waals surface area contributed by atoms with E-state index in [1.54, 1.807) is 7.11 Å². The Labute approximate surface area is 110 Å². The van der Waals surface area contributed by atoms with E-state index in [2.05, 4.69) is 13.8 Å². The van der Waals surface area contributed by atoms with Gasteiger partial charge in [0, 0.05) is 26.7 Å². The molecule has 0 bridgehead atoms. The zero-order chi connectivity index (χ0) is 13.2. The largest absolute Gasteiger partial charge is 0.377 e. The lowest BCUT2D eigenvalue weighted by Gasteiger charge is -2.42. The first kappa shape index (κ1) is 13.7. The number of nitrogens with zero attached hydrogens (tertiary/aromatic N) is 2. The number of carbonyl (C=O) groups is 1. The number of methoxy groups -OCH3 is 1. The molecule has 4 nitrogen and oxygen atoms in total. The molecule has 0 radical (unpaired) electrons. The summed E-state index contributed by atoms with van der Waals surface area (Å²) in [5, 5.41) is 0. The van der Waals surface area contributed by atoms with Gasteiger partial charge in [0.15, 0.2) is 0 Å². The van der Waals surface area contributed by atoms with Crippen LogP contribution in [0.25, 0.3) is 0 Å². The van der Waals surface area contributed by atoms with Gasteiger partial charge in [0.25, 0.3) is 0 Å². The molecule has 1 unspecified atom stereocenters. The summed E-state index contributed by atoms with van der Waals surface area (Å²) >= 11 is 0. The molecule has 0 aliphatic carbocycles. The van der Waals surface area contributed by atoms with Crippen molar-refractivity contribution in [3.63, 3.8) is 0 Å². The molecule has 2 rings (SSSR count). The van der Waals surface area contributed by atoms with Crippen molar-refractivity contribution in [2.24, 2.45) is 5.92 Å². The molecule has 0 aromatic rings. The molecule has 0 N–H and O–H groups in total. The number of piperidine rings is 2. The van der Waals surface area contributed by atoms with Gasteiger partial charge in [-0.25, -0.2) is 4.79 Å². The van der Waals surface area contributed by atoms with Crippen LogP contribution >= 0.6 is 0 Å². The van der Waals surface area contributed by atoms with E-state index in [1.807, 2.05) is 9.80 Å². The molecule has 18 heavy (non-hydrogen) atoms. The molecule has 0 aromatic carbocycles. The van der Waals surface area contributed by atoms with Crippen LogP contribution in [-0.4, -0.2) is 54.7 Å². The summed E-state index contributed by atoms with van der Waals surface area (Å²) in [6, 6.07) is 0.213. The average molecular weight is 254 g/mol. The summed E-state index contributed by atoms with van der Waals surface area (Å²) in [5.74, 6) is 0.764. The number of ether oxygens (including phenoxy) is 1. The van der Waals surface area contributed by atoms with Crippen molar-refractivity contribution < 1.29 is 9.53 Å². The Morgan fingerprint density at radius 3 is 2.50 bits per heavy atom. The zero-order valence-electron chi connectivity index (χ0n) is 11.9. The van der Waals surface area contributed by atoms with Crippen LogP contribution < -0.4 is 0 Å². The predicted molar refractivity (Wildman–Crippen MR) is 71.6 cm³/mol. The smallest absolute Gasteiger partial charge is 0.320 e. The van der Waals surface area contributed by atoms with Crippen molar-refractivity contribution in [2.45, 2.75) is 45.1 Å². The second-order valence-electron chi connectivity index (χ2n) is 6.13. The van der Waals surface area contributed by atoms with E-state index in [0.29, 0.717) is 0 Å². The van der Waals surface area contributed by atoms with E-state index in [-0.39, 0.29) is 11.6 Å². The van der Waals surface area contributed by atoms with Crippen LogP contribution in [0, 0.1) is 5.92 Å². The summed E-state index contributed by atoms with van der Waals surface area (Å²) in [4.78, 5) is 16.5. The highest BCUT2D eigenvalue weighted by Crippen LogP contribution is 2.25. The molecule has 1 atom stereocenters. The molecule has 0 aromatic heterocycles. The first-order chi connectivity index (χ1) is 8.54. The molecule has 4 heteroatoms. The molecule has 0 spiro atoms. The number of rotatable bonds is 1. The number of carbonyl (C=O) groups excluding carboxylic acids is 1. The van der Waals surface area contributed by atoms with E-state index in [1.165, 1.54) is 0 Å². The van der Waals surface area contributed by atoms with E-state index in [4.69, 9.17) is 4.74 Å². The Kier molecular flexibility index (Phi) is 4.15. The Balaban J connectivity index is 1.92. The van der Waals surface area contributed by atoms with Crippen molar-refractivity contribution >= 4 is 6.03 Å². The molecule has 2 aliphatic heterocycles. The SMILES string of the molecule is COC1(C)CCCN(C(=O)N2CCC(C)CC2)C1. The quantitative estimate of drug-likeness (QED) is 0.719. The monoisotopic (exact) mass is 254 g/mol. The van der Waals surface area contributed by atoms with Gasteiger partial charge in [0.05, 0.1) is 12.1 Å². The third-order valence-electron chi connectivity index (χ3n) is 4.48. The van der Waals surface area contributed by atoms with Gasteiger partial charge in [-0.1, -0.05) is 6.92 Å². The topological polar surface area (TPSA) is 32.8 Å². The Morgan fingerprint density at radius 1 is 1.22 bits per heavy atom. The summed E-state index contributed by atoms with van der Waals surface area (Å²) in [5.41, 5.74) is -0.156. The summed E-state index contributed by atoms with van der Waals surface area (Å²) in [6.45, 7) is 7.81. The molecule has 2 heterocycles. The lowest BCUT2D eigenvalue weighted by Crippen LogP contribution is -2.54. The lowest BCUT2D eigenvalue weighted by molar-refractivity contribution is -0.0438. The summed E-state index contributed by atoms with van der Waals surface area (Å²) in [7, 11) is 1.75. The van der Waals surface area contributed by atoms with Crippen LogP contribution in [0.4, 0.5) is 4.79 Å². The molecular formula is C14H26N2O2. The third kappa shape index (κ3) is 2.97. The van der Waals surface area contributed by atoms with Gasteiger partial charge in [-0.05, 0) is 38.5 Å². The average Bonchev–Trinajstić information content (AvgIpc) is 2.39. The van der Waals surface area contributed by atoms with E-state index >= 15 is 0 Å². The van der Waals surface area contributed by atoms with Gasteiger partial charge in [0.2, 0.25) is 0 Å². The molecule has 2 fully saturated rings. The van der Waals surface area contributed by atoms with Crippen LogP contribution in [0.5, 0.6) is 0 Å². The molecule has 2 saturated heterocycles. The van der Waals surface area contributed by atoms with Crippen LogP contribution in [0.3, 0.4) is 0 Å². The minimum atomic E-state index is -0.156. The van der Waals surface area contributed by atoms with Gasteiger partial charge in [-0.2, -0.15) is 0 Å². The number of hydrogen-bond acceptors (Lipinski definition) is 2. The fourth-order valence-electron chi connectivity index (χ4n) is 2.94. The predicted octanol–water partition coefficient (Wildman–Crippen LogP) is 2.34. The number of hydrogen-bond donors (Lipinski definition) is 0. The molecule has 2 aliphatic rings. The second kappa shape index (κ2) is 5.47. The van der Waals surface area contributed by atoms with E-state index < -0.39 is 0 Å². The molecule has 0 saturated carbocycles. The van der Waals surface area contributed by atoms with Crippen molar-refractivity contribution in [2.75, 3.05) is 33.3 Å². The van der Waals surface area contributed by atoms with E-state index in [9.17, 15) is 4.79 Å². The van der Waals surface area contributed by atoms with Gasteiger partial charge in [-0.3, -0.25) is 0 Å². The van der Waals surface area contributed by atoms with Gasteiger partial charge < -0.3 is 14.5 Å². The van der Waals surface area contributed by atoms with E-state index in [0.717, 1.165) is 57.8 Å². The minimum Gasteiger partial charge on any atom is -0.377 e. The Bertz CT molecular complexity index is 300. The van der Waals surface area contributed by atoms with Crippen molar-refractivity contribution in [3.05, 3.63) is 0 Å². The molecule has 2 amide bonds. The number of likely N-dealkylation sites (tertiary alicyclic amines) is 2. The molecular weight excluding hydrogens is 228 g/mol. The normalized spacial score (nSPS) is 30.6. The van der Waals surface area contributed by atoms with Crippen LogP contribution in [0.15, 0.2) is 0 Å². The zero-order valence-corrected chi connectivity index (χ0v) is 11.9. The van der Waals surface area contributed by atoms with Crippen LogP contribution in [-0.2, 0) is 4.74 Å². The van der Waals surface area contributed by atoms with Crippen molar-refractivity contribution in [1.82, 2.24) is 9.80 Å². The first-order valence-corrected chi connectivity index (χ1v) is 7.13. The fourth-order valence-corrected chi connectivity index (χ4v) is 2.94. The highest BCUT2D eigenvalue weighted by molar-refractivity contribution is 5.74. The maximum absolute atomic E-state index is 12.5. The maximum atomic E-state index is 12.5.